The molecule has 0 saturated carbocycles. The molecule has 21 heavy (non-hydrogen) atoms. The van der Waals surface area contributed by atoms with E-state index in [1.54, 1.807) is 0 Å². The van der Waals surface area contributed by atoms with E-state index in [-0.39, 0.29) is 0 Å². The molecule has 0 spiro atoms. The largest absolute Gasteiger partial charge is 0.525 e. The highest BCUT2D eigenvalue weighted by Gasteiger charge is 2.36. The van der Waals surface area contributed by atoms with Crippen LogP contribution in [0, 0.1) is 0 Å². The van der Waals surface area contributed by atoms with E-state index in [2.05, 4.69) is 29.7 Å². The Labute approximate surface area is 127 Å². The van der Waals surface area contributed by atoms with Gasteiger partial charge in [-0.25, -0.2) is 4.79 Å². The molecule has 0 aromatic carbocycles. The van der Waals surface area contributed by atoms with Gasteiger partial charge in [-0.15, -0.1) is 0 Å². The van der Waals surface area contributed by atoms with Crippen LogP contribution in [0.5, 0.6) is 0 Å². The Morgan fingerprint density at radius 3 is 2.24 bits per heavy atom. The van der Waals surface area contributed by atoms with Gasteiger partial charge < -0.3 is 9.16 Å². The lowest BCUT2D eigenvalue weighted by Crippen LogP contribution is -2.43. The lowest BCUT2D eigenvalue weighted by molar-refractivity contribution is 0.121. The van der Waals surface area contributed by atoms with Crippen LogP contribution in [-0.2, 0) is 23.9 Å². The Morgan fingerprint density at radius 1 is 1.33 bits per heavy atom. The van der Waals surface area contributed by atoms with E-state index in [0.29, 0.717) is 6.10 Å². The van der Waals surface area contributed by atoms with Crippen LogP contribution in [0.25, 0.3) is 0 Å². The van der Waals surface area contributed by atoms with Gasteiger partial charge in [-0.1, -0.05) is 31.1 Å². The average molecular weight is 344 g/mol. The minimum atomic E-state index is -5.21. The normalized spacial score (nSPS) is 20.9. The lowest BCUT2D eigenvalue weighted by Gasteiger charge is -2.38. The van der Waals surface area contributed by atoms with Crippen LogP contribution in [0.1, 0.15) is 40.0 Å². The number of halogens is 1. The quantitative estimate of drug-likeness (QED) is 0.441. The molecule has 1 rings (SSSR count). The van der Waals surface area contributed by atoms with Crippen LogP contribution in [-0.4, -0.2) is 36.1 Å². The molecule has 1 unspecified atom stereocenters. The second kappa shape index (κ2) is 9.37. The number of hydrogen-bond acceptors (Lipinski definition) is 6. The van der Waals surface area contributed by atoms with Crippen molar-refractivity contribution in [2.45, 2.75) is 64.3 Å². The molecular formula is C12H25FO6SSi. The van der Waals surface area contributed by atoms with Crippen molar-refractivity contribution in [1.82, 2.24) is 0 Å². The van der Waals surface area contributed by atoms with E-state index in [9.17, 15) is 17.1 Å². The third-order valence-corrected chi connectivity index (χ3v) is 8.66. The summed E-state index contributed by atoms with van der Waals surface area (Å²) in [4.78, 5) is 9.76. The fourth-order valence-electron chi connectivity index (χ4n) is 2.30. The highest BCUT2D eigenvalue weighted by atomic mass is 32.3. The van der Waals surface area contributed by atoms with Crippen molar-refractivity contribution in [3.8, 4) is 0 Å². The van der Waals surface area contributed by atoms with Gasteiger partial charge in [0.2, 0.25) is 0 Å². The molecule has 1 aliphatic heterocycles. The first-order chi connectivity index (χ1) is 9.71. The van der Waals surface area contributed by atoms with Crippen molar-refractivity contribution in [2.75, 3.05) is 7.11 Å². The third kappa shape index (κ3) is 8.37. The molecule has 0 aromatic rings. The Bertz CT molecular complexity index is 410. The Kier molecular flexibility index (Phi) is 9.07. The van der Waals surface area contributed by atoms with Crippen LogP contribution < -0.4 is 0 Å². The van der Waals surface area contributed by atoms with Crippen molar-refractivity contribution in [2.24, 2.45) is 0 Å². The molecule has 1 fully saturated rings. The number of rotatable bonds is 4. The molecule has 0 amide bonds. The second-order valence-corrected chi connectivity index (χ2v) is 10.3. The Hall–Kier alpha value is -0.673. The highest BCUT2D eigenvalue weighted by molar-refractivity contribution is 7.81. The third-order valence-electron chi connectivity index (χ3n) is 3.65. The van der Waals surface area contributed by atoms with Crippen LogP contribution in [0.2, 0.25) is 18.1 Å². The van der Waals surface area contributed by atoms with Gasteiger partial charge in [0.05, 0.1) is 7.11 Å². The summed E-state index contributed by atoms with van der Waals surface area (Å²) >= 11 is 0. The minimum Gasteiger partial charge on any atom is -0.437 e. The maximum atomic E-state index is 11.3. The zero-order valence-corrected chi connectivity index (χ0v) is 14.9. The molecule has 1 atom stereocenters. The molecule has 1 heterocycles. The summed E-state index contributed by atoms with van der Waals surface area (Å²) in [6.45, 7) is 6.88. The Morgan fingerprint density at radius 2 is 1.90 bits per heavy atom. The molecule has 6 nitrogen and oxygen atoms in total. The number of ether oxygens (including phenoxy) is 1. The van der Waals surface area contributed by atoms with Crippen LogP contribution in [0.3, 0.4) is 0 Å². The molecule has 0 bridgehead atoms. The number of hydrogen-bond donors (Lipinski definition) is 0. The van der Waals surface area contributed by atoms with Gasteiger partial charge in [0.1, 0.15) is 0 Å². The first-order valence-electron chi connectivity index (χ1n) is 7.11. The topological polar surface area (TPSA) is 78.9 Å². The lowest BCUT2D eigenvalue weighted by atomic mass is 10.2. The maximum Gasteiger partial charge on any atom is 0.525 e. The van der Waals surface area contributed by atoms with E-state index < -0.39 is 25.0 Å². The van der Waals surface area contributed by atoms with E-state index >= 15 is 0 Å². The fraction of sp³-hybridized carbons (Fsp3) is 0.917. The summed E-state index contributed by atoms with van der Waals surface area (Å²) in [6, 6.07) is 4.05. The van der Waals surface area contributed by atoms with E-state index in [0.717, 1.165) is 7.11 Å². The zero-order valence-electron chi connectivity index (χ0n) is 13.1. The standard InChI is InChI=1S/C10H22OSi.C2H3FO5S/c1-4-10-8-7-9-12(5-2,6-3)11-10;1-7-2(4)8-9(3,5)6/h10H,4-9H2,1-3H3;1H3. The van der Waals surface area contributed by atoms with Crippen molar-refractivity contribution >= 4 is 25.0 Å². The first-order valence-corrected chi connectivity index (χ1v) is 11.0. The summed E-state index contributed by atoms with van der Waals surface area (Å²) in [5, 5.41) is 0. The number of methoxy groups -OCH3 is 1. The molecular weight excluding hydrogens is 319 g/mol. The van der Waals surface area contributed by atoms with Crippen molar-refractivity contribution in [3.05, 3.63) is 0 Å². The molecule has 0 N–H and O–H groups in total. The number of carbonyl (C=O) groups excluding carboxylic acids is 1. The molecule has 0 aromatic heterocycles. The Balaban J connectivity index is 0.000000400. The van der Waals surface area contributed by atoms with Gasteiger partial charge in [0.25, 0.3) is 0 Å². The smallest absolute Gasteiger partial charge is 0.437 e. The monoisotopic (exact) mass is 344 g/mol. The molecule has 0 aliphatic carbocycles. The summed E-state index contributed by atoms with van der Waals surface area (Å²) < 4.78 is 43.0. The van der Waals surface area contributed by atoms with Gasteiger partial charge in [0.15, 0.2) is 8.32 Å². The molecule has 1 aliphatic rings. The minimum absolute atomic E-state index is 0.602. The SMILES string of the molecule is CCC1CCC[Si](CC)(CC)O1.COC(=O)OS(=O)(=O)F. The summed E-state index contributed by atoms with van der Waals surface area (Å²) in [5.41, 5.74) is 0. The predicted molar refractivity (Wildman–Crippen MR) is 79.4 cm³/mol. The first kappa shape index (κ1) is 20.3. The zero-order chi connectivity index (χ0) is 16.5. The average Bonchev–Trinajstić information content (AvgIpc) is 2.46. The van der Waals surface area contributed by atoms with Gasteiger partial charge >= 0.3 is 16.7 Å². The van der Waals surface area contributed by atoms with E-state index in [1.807, 2.05) is 0 Å². The highest BCUT2D eigenvalue weighted by Crippen LogP contribution is 2.32. The molecule has 1 saturated heterocycles. The summed E-state index contributed by atoms with van der Waals surface area (Å²) in [6.07, 6.45) is 2.95. The fourth-order valence-corrected chi connectivity index (χ4v) is 6.03. The van der Waals surface area contributed by atoms with E-state index in [1.165, 1.54) is 37.4 Å². The van der Waals surface area contributed by atoms with Crippen LogP contribution in [0.4, 0.5) is 8.68 Å². The van der Waals surface area contributed by atoms with Crippen LogP contribution >= 0.6 is 0 Å². The van der Waals surface area contributed by atoms with Crippen LogP contribution in [0.15, 0.2) is 0 Å². The second-order valence-electron chi connectivity index (χ2n) is 4.86. The maximum absolute atomic E-state index is 11.3. The van der Waals surface area contributed by atoms with Gasteiger partial charge in [0, 0.05) is 6.10 Å². The molecule has 0 radical (unpaired) electrons. The predicted octanol–water partition coefficient (Wildman–Crippen LogP) is 3.54. The summed E-state index contributed by atoms with van der Waals surface area (Å²) in [7, 11) is -5.57. The van der Waals surface area contributed by atoms with E-state index in [4.69, 9.17) is 4.43 Å². The number of carbonyl (C=O) groups is 1. The molecule has 9 heteroatoms. The van der Waals surface area contributed by atoms with Crippen molar-refractivity contribution in [1.29, 1.82) is 0 Å². The summed E-state index contributed by atoms with van der Waals surface area (Å²) in [5.74, 6) is 0. The van der Waals surface area contributed by atoms with Crippen molar-refractivity contribution < 1.29 is 30.4 Å². The van der Waals surface area contributed by atoms with Gasteiger partial charge in [-0.05, 0) is 31.0 Å². The molecule has 126 valence electrons. The van der Waals surface area contributed by atoms with Gasteiger partial charge in [-0.3, -0.25) is 4.18 Å². The van der Waals surface area contributed by atoms with Crippen molar-refractivity contribution in [3.63, 3.8) is 0 Å². The van der Waals surface area contributed by atoms with Gasteiger partial charge in [-0.2, -0.15) is 8.42 Å².